The molecule has 0 unspecified atom stereocenters. The first kappa shape index (κ1) is 7.99. The summed E-state index contributed by atoms with van der Waals surface area (Å²) < 4.78 is 0. The number of aromatic nitrogens is 1. The average molecular weight is 169 g/mol. The van der Waals surface area contributed by atoms with Gasteiger partial charge in [0.1, 0.15) is 0 Å². The number of rotatable bonds is 1. The molecule has 1 heterocycles. The van der Waals surface area contributed by atoms with Crippen LogP contribution in [0.3, 0.4) is 0 Å². The zero-order chi connectivity index (χ0) is 9.10. The van der Waals surface area contributed by atoms with Gasteiger partial charge in [-0.05, 0) is 24.5 Å². The van der Waals surface area contributed by atoms with Crippen LogP contribution in [0.15, 0.2) is 42.6 Å². The van der Waals surface area contributed by atoms with Crippen LogP contribution in [0.5, 0.6) is 0 Å². The van der Waals surface area contributed by atoms with Gasteiger partial charge >= 0.3 is 0 Å². The summed E-state index contributed by atoms with van der Waals surface area (Å²) in [4.78, 5) is 4.31. The molecule has 0 atom stereocenters. The number of hydrogen-bond acceptors (Lipinski definition) is 1. The van der Waals surface area contributed by atoms with E-state index in [4.69, 9.17) is 0 Å². The molecule has 13 heavy (non-hydrogen) atoms. The van der Waals surface area contributed by atoms with Gasteiger partial charge < -0.3 is 0 Å². The van der Waals surface area contributed by atoms with Gasteiger partial charge in [0.05, 0.1) is 5.69 Å². The minimum Gasteiger partial charge on any atom is -0.256 e. The predicted molar refractivity (Wildman–Crippen MR) is 56.5 cm³/mol. The molecule has 0 saturated carbocycles. The van der Waals surface area contributed by atoms with Crippen molar-refractivity contribution >= 4 is 16.8 Å². The number of benzene rings is 1. The number of nitrogens with zero attached hydrogens (tertiary/aromatic N) is 1. The summed E-state index contributed by atoms with van der Waals surface area (Å²) in [5.74, 6) is 0. The van der Waals surface area contributed by atoms with Crippen LogP contribution in [0, 0.1) is 0 Å². The summed E-state index contributed by atoms with van der Waals surface area (Å²) in [6.45, 7) is 2.00. The zero-order valence-electron chi connectivity index (χ0n) is 7.57. The first-order valence-electron chi connectivity index (χ1n) is 4.38. The molecule has 0 aliphatic heterocycles. The van der Waals surface area contributed by atoms with Crippen LogP contribution in [0.2, 0.25) is 0 Å². The van der Waals surface area contributed by atoms with Crippen molar-refractivity contribution in [2.75, 3.05) is 0 Å². The van der Waals surface area contributed by atoms with E-state index in [0.29, 0.717) is 0 Å². The lowest BCUT2D eigenvalue weighted by molar-refractivity contribution is 1.33. The Labute approximate surface area is 77.7 Å². The third-order valence-electron chi connectivity index (χ3n) is 2.03. The van der Waals surface area contributed by atoms with Gasteiger partial charge in [-0.2, -0.15) is 0 Å². The summed E-state index contributed by atoms with van der Waals surface area (Å²) in [6, 6.07) is 10.3. The second-order valence-electron chi connectivity index (χ2n) is 2.92. The largest absolute Gasteiger partial charge is 0.256 e. The number of hydrogen-bond donors (Lipinski definition) is 0. The zero-order valence-corrected chi connectivity index (χ0v) is 7.57. The van der Waals surface area contributed by atoms with E-state index in [-0.39, 0.29) is 0 Å². The molecule has 0 saturated heterocycles. The van der Waals surface area contributed by atoms with Crippen molar-refractivity contribution < 1.29 is 0 Å². The summed E-state index contributed by atoms with van der Waals surface area (Å²) in [5.41, 5.74) is 1.04. The summed E-state index contributed by atoms with van der Waals surface area (Å²) in [6.07, 6.45) is 5.88. The van der Waals surface area contributed by atoms with Gasteiger partial charge in [0.25, 0.3) is 0 Å². The SMILES string of the molecule is C/C=C/c1nccc2ccccc12. The molecule has 0 aliphatic carbocycles. The number of pyridine rings is 1. The Balaban J connectivity index is 2.75. The Bertz CT molecular complexity index is 438. The smallest absolute Gasteiger partial charge is 0.0704 e. The molecule has 64 valence electrons. The molecular formula is C12H11N. The van der Waals surface area contributed by atoms with Crippen molar-refractivity contribution in [1.29, 1.82) is 0 Å². The second kappa shape index (κ2) is 3.40. The highest BCUT2D eigenvalue weighted by Crippen LogP contribution is 2.16. The molecule has 0 amide bonds. The van der Waals surface area contributed by atoms with Crippen molar-refractivity contribution in [2.45, 2.75) is 6.92 Å². The molecule has 0 spiro atoms. The van der Waals surface area contributed by atoms with Crippen LogP contribution in [-0.4, -0.2) is 4.98 Å². The van der Waals surface area contributed by atoms with Gasteiger partial charge in [-0.25, -0.2) is 0 Å². The average Bonchev–Trinajstić information content (AvgIpc) is 2.19. The van der Waals surface area contributed by atoms with E-state index < -0.39 is 0 Å². The number of fused-ring (bicyclic) bond motifs is 1. The molecule has 1 nitrogen and oxygen atoms in total. The Kier molecular flexibility index (Phi) is 2.09. The summed E-state index contributed by atoms with van der Waals surface area (Å²) in [7, 11) is 0. The van der Waals surface area contributed by atoms with Crippen molar-refractivity contribution in [3.05, 3.63) is 48.3 Å². The fraction of sp³-hybridized carbons (Fsp3) is 0.0833. The van der Waals surface area contributed by atoms with E-state index in [1.54, 1.807) is 0 Å². The van der Waals surface area contributed by atoms with Gasteiger partial charge in [0, 0.05) is 11.6 Å². The Morgan fingerprint density at radius 2 is 2.00 bits per heavy atom. The first-order valence-corrected chi connectivity index (χ1v) is 4.38. The molecule has 0 aliphatic rings. The van der Waals surface area contributed by atoms with Crippen LogP contribution in [0.4, 0.5) is 0 Å². The van der Waals surface area contributed by atoms with Gasteiger partial charge in [0.2, 0.25) is 0 Å². The maximum absolute atomic E-state index is 4.31. The lowest BCUT2D eigenvalue weighted by Gasteiger charge is -1.99. The molecule has 0 N–H and O–H groups in total. The molecule has 0 bridgehead atoms. The molecule has 2 aromatic rings. The first-order chi connectivity index (χ1) is 6.42. The highest BCUT2D eigenvalue weighted by Gasteiger charge is 1.95. The van der Waals surface area contributed by atoms with E-state index in [0.717, 1.165) is 5.69 Å². The molecule has 0 fully saturated rings. The third-order valence-corrected chi connectivity index (χ3v) is 2.03. The van der Waals surface area contributed by atoms with Crippen LogP contribution in [0.1, 0.15) is 12.6 Å². The molecule has 1 aromatic carbocycles. The minimum atomic E-state index is 1.04. The van der Waals surface area contributed by atoms with Crippen molar-refractivity contribution in [3.63, 3.8) is 0 Å². The lowest BCUT2D eigenvalue weighted by Crippen LogP contribution is -1.82. The Morgan fingerprint density at radius 1 is 1.15 bits per heavy atom. The highest BCUT2D eigenvalue weighted by atomic mass is 14.7. The predicted octanol–water partition coefficient (Wildman–Crippen LogP) is 3.27. The van der Waals surface area contributed by atoms with Gasteiger partial charge in [-0.15, -0.1) is 0 Å². The van der Waals surface area contributed by atoms with Crippen LogP contribution >= 0.6 is 0 Å². The van der Waals surface area contributed by atoms with Crippen molar-refractivity contribution in [2.24, 2.45) is 0 Å². The van der Waals surface area contributed by atoms with Gasteiger partial charge in [-0.1, -0.05) is 30.3 Å². The lowest BCUT2D eigenvalue weighted by atomic mass is 10.1. The monoisotopic (exact) mass is 169 g/mol. The maximum atomic E-state index is 4.31. The topological polar surface area (TPSA) is 12.9 Å². The molecule has 2 rings (SSSR count). The number of allylic oxidation sites excluding steroid dienone is 1. The second-order valence-corrected chi connectivity index (χ2v) is 2.92. The quantitative estimate of drug-likeness (QED) is 0.638. The van der Waals surface area contributed by atoms with E-state index in [2.05, 4.69) is 17.1 Å². The van der Waals surface area contributed by atoms with E-state index >= 15 is 0 Å². The molecular weight excluding hydrogens is 158 g/mol. The minimum absolute atomic E-state index is 1.04. The van der Waals surface area contributed by atoms with Crippen LogP contribution in [-0.2, 0) is 0 Å². The summed E-state index contributed by atoms with van der Waals surface area (Å²) in [5, 5.41) is 2.45. The van der Waals surface area contributed by atoms with Crippen LogP contribution in [0.25, 0.3) is 16.8 Å². The van der Waals surface area contributed by atoms with Gasteiger partial charge in [0.15, 0.2) is 0 Å². The Morgan fingerprint density at radius 3 is 2.85 bits per heavy atom. The van der Waals surface area contributed by atoms with Crippen molar-refractivity contribution in [3.8, 4) is 0 Å². The van der Waals surface area contributed by atoms with E-state index in [1.165, 1.54) is 10.8 Å². The molecule has 1 heteroatoms. The highest BCUT2D eigenvalue weighted by molar-refractivity contribution is 5.88. The Hall–Kier alpha value is -1.63. The van der Waals surface area contributed by atoms with E-state index in [1.807, 2.05) is 43.5 Å². The standard InChI is InChI=1S/C12H11N/c1-2-5-12-11-7-4-3-6-10(11)8-9-13-12/h2-9H,1H3/b5-2+. The third kappa shape index (κ3) is 1.45. The maximum Gasteiger partial charge on any atom is 0.0704 e. The fourth-order valence-corrected chi connectivity index (χ4v) is 1.43. The van der Waals surface area contributed by atoms with Gasteiger partial charge in [-0.3, -0.25) is 4.98 Å². The van der Waals surface area contributed by atoms with E-state index in [9.17, 15) is 0 Å². The van der Waals surface area contributed by atoms with Crippen LogP contribution < -0.4 is 0 Å². The fourth-order valence-electron chi connectivity index (χ4n) is 1.43. The normalized spacial score (nSPS) is 11.2. The molecule has 0 radical (unpaired) electrons. The summed E-state index contributed by atoms with van der Waals surface area (Å²) >= 11 is 0. The molecule has 1 aromatic heterocycles. The van der Waals surface area contributed by atoms with Crippen molar-refractivity contribution in [1.82, 2.24) is 4.98 Å².